The van der Waals surface area contributed by atoms with Crippen molar-refractivity contribution in [2.45, 2.75) is 32.4 Å². The molecule has 0 bridgehead atoms. The Morgan fingerprint density at radius 3 is 2.46 bits per heavy atom. The number of primary amides is 1. The summed E-state index contributed by atoms with van der Waals surface area (Å²) >= 11 is 1.49. The highest BCUT2D eigenvalue weighted by Crippen LogP contribution is 2.16. The number of hydrogen-bond donors (Lipinski definition) is 3. The molecule has 0 heterocycles. The molecule has 0 radical (unpaired) electrons. The minimum atomic E-state index is -1.12. The molecule has 0 spiro atoms. The Bertz CT molecular complexity index is 680. The van der Waals surface area contributed by atoms with Gasteiger partial charge in [0.15, 0.2) is 11.9 Å². The zero-order chi connectivity index (χ0) is 19.7. The van der Waals surface area contributed by atoms with Gasteiger partial charge in [-0.05, 0) is 44.4 Å². The molecule has 0 saturated heterocycles. The Kier molecular flexibility index (Phi) is 8.63. The van der Waals surface area contributed by atoms with Crippen LogP contribution in [0.15, 0.2) is 24.3 Å². The van der Waals surface area contributed by atoms with Gasteiger partial charge in [0.2, 0.25) is 0 Å². The second kappa shape index (κ2) is 10.4. The van der Waals surface area contributed by atoms with Crippen LogP contribution < -0.4 is 16.4 Å². The normalized spacial score (nSPS) is 12.6. The summed E-state index contributed by atoms with van der Waals surface area (Å²) in [6, 6.07) is 4.75. The highest BCUT2D eigenvalue weighted by molar-refractivity contribution is 7.98. The van der Waals surface area contributed by atoms with Crippen LogP contribution in [-0.4, -0.2) is 47.8 Å². The van der Waals surface area contributed by atoms with E-state index in [1.807, 2.05) is 6.26 Å². The average Bonchev–Trinajstić information content (AvgIpc) is 2.58. The zero-order valence-corrected chi connectivity index (χ0v) is 15.7. The molecule has 0 aliphatic heterocycles. The van der Waals surface area contributed by atoms with Crippen LogP contribution in [0.1, 0.15) is 30.6 Å². The first-order valence-corrected chi connectivity index (χ1v) is 9.31. The maximum absolute atomic E-state index is 12.3. The number of hydrogen-bond acceptors (Lipinski definition) is 6. The molecule has 26 heavy (non-hydrogen) atoms. The van der Waals surface area contributed by atoms with Crippen LogP contribution in [0.25, 0.3) is 0 Å². The quantitative estimate of drug-likeness (QED) is 0.440. The number of carbonyl (C=O) groups excluding carboxylic acids is 4. The van der Waals surface area contributed by atoms with Crippen molar-refractivity contribution in [3.05, 3.63) is 29.8 Å². The number of Topliss-reactive ketones (excluding diaryl/α,β-unsaturated/α-hetero) is 1. The second-order valence-electron chi connectivity index (χ2n) is 5.51. The number of carbonyl (C=O) groups is 4. The monoisotopic (exact) mass is 381 g/mol. The predicted octanol–water partition coefficient (Wildman–Crippen LogP) is 1.55. The lowest BCUT2D eigenvalue weighted by atomic mass is 10.1. The lowest BCUT2D eigenvalue weighted by Crippen LogP contribution is -2.46. The topological polar surface area (TPSA) is 128 Å². The molecule has 1 rings (SSSR count). The minimum absolute atomic E-state index is 0.201. The van der Waals surface area contributed by atoms with Gasteiger partial charge in [-0.25, -0.2) is 9.59 Å². The fraction of sp³-hybridized carbons (Fsp3) is 0.412. The van der Waals surface area contributed by atoms with Crippen LogP contribution in [-0.2, 0) is 14.3 Å². The van der Waals surface area contributed by atoms with Gasteiger partial charge >= 0.3 is 12.0 Å². The third-order valence-corrected chi connectivity index (χ3v) is 4.08. The number of anilines is 1. The molecule has 3 amide bonds. The Hall–Kier alpha value is -2.55. The van der Waals surface area contributed by atoms with Crippen molar-refractivity contribution in [2.24, 2.45) is 5.73 Å². The molecule has 142 valence electrons. The molecule has 1 aromatic rings. The maximum Gasteiger partial charge on any atom is 0.329 e. The minimum Gasteiger partial charge on any atom is -0.451 e. The van der Waals surface area contributed by atoms with E-state index in [4.69, 9.17) is 10.5 Å². The molecule has 0 aliphatic rings. The van der Waals surface area contributed by atoms with Gasteiger partial charge in [0.25, 0.3) is 5.91 Å². The smallest absolute Gasteiger partial charge is 0.329 e. The third-order valence-electron chi connectivity index (χ3n) is 3.44. The van der Waals surface area contributed by atoms with Crippen LogP contribution in [0.4, 0.5) is 10.5 Å². The molecule has 0 saturated carbocycles. The van der Waals surface area contributed by atoms with Crippen LogP contribution in [0.3, 0.4) is 0 Å². The van der Waals surface area contributed by atoms with E-state index >= 15 is 0 Å². The van der Waals surface area contributed by atoms with E-state index in [1.165, 1.54) is 25.6 Å². The van der Waals surface area contributed by atoms with Crippen molar-refractivity contribution < 1.29 is 23.9 Å². The number of benzene rings is 1. The van der Waals surface area contributed by atoms with Crippen molar-refractivity contribution in [3.63, 3.8) is 0 Å². The number of ether oxygens (including phenoxy) is 1. The number of esters is 1. The first kappa shape index (κ1) is 21.5. The summed E-state index contributed by atoms with van der Waals surface area (Å²) in [5.41, 5.74) is 5.75. The molecule has 0 aromatic heterocycles. The van der Waals surface area contributed by atoms with Gasteiger partial charge in [0.05, 0.1) is 5.69 Å². The standard InChI is InChI=1S/C17H23N3O5S/c1-10(21)12-6-4-5-7-13(12)19-15(22)11(2)25-16(23)14(8-9-26-3)20-17(18)24/h4-7,11,14H,8-9H2,1-3H3,(H,19,22)(H3,18,20,24)/t11-,14-/m0/s1. The molecule has 0 unspecified atom stereocenters. The predicted molar refractivity (Wildman–Crippen MR) is 100 cm³/mol. The van der Waals surface area contributed by atoms with Gasteiger partial charge in [0.1, 0.15) is 6.04 Å². The van der Waals surface area contributed by atoms with E-state index in [-0.39, 0.29) is 5.78 Å². The Morgan fingerprint density at radius 1 is 1.23 bits per heavy atom. The van der Waals surface area contributed by atoms with Gasteiger partial charge in [0, 0.05) is 5.56 Å². The number of nitrogens with one attached hydrogen (secondary N) is 2. The SMILES string of the molecule is CSCC[C@H](NC(N)=O)C(=O)O[C@@H](C)C(=O)Nc1ccccc1C(C)=O. The number of ketones is 1. The van der Waals surface area contributed by atoms with E-state index in [0.717, 1.165) is 0 Å². The van der Waals surface area contributed by atoms with Gasteiger partial charge < -0.3 is 21.1 Å². The molecule has 4 N–H and O–H groups in total. The van der Waals surface area contributed by atoms with E-state index in [1.54, 1.807) is 24.3 Å². The van der Waals surface area contributed by atoms with Crippen LogP contribution in [0.2, 0.25) is 0 Å². The van der Waals surface area contributed by atoms with E-state index < -0.39 is 30.1 Å². The Balaban J connectivity index is 2.74. The molecular weight excluding hydrogens is 358 g/mol. The van der Waals surface area contributed by atoms with E-state index in [9.17, 15) is 19.2 Å². The van der Waals surface area contributed by atoms with Gasteiger partial charge in [-0.1, -0.05) is 12.1 Å². The highest BCUT2D eigenvalue weighted by Gasteiger charge is 2.26. The van der Waals surface area contributed by atoms with E-state index in [0.29, 0.717) is 23.4 Å². The highest BCUT2D eigenvalue weighted by atomic mass is 32.2. The lowest BCUT2D eigenvalue weighted by Gasteiger charge is -2.19. The first-order valence-electron chi connectivity index (χ1n) is 7.92. The number of amides is 3. The molecule has 1 aromatic carbocycles. The van der Waals surface area contributed by atoms with Crippen molar-refractivity contribution in [1.82, 2.24) is 5.32 Å². The molecule has 0 fully saturated rings. The summed E-state index contributed by atoms with van der Waals surface area (Å²) in [6.45, 7) is 2.79. The van der Waals surface area contributed by atoms with E-state index in [2.05, 4.69) is 10.6 Å². The summed E-state index contributed by atoms with van der Waals surface area (Å²) in [5, 5.41) is 4.87. The second-order valence-corrected chi connectivity index (χ2v) is 6.50. The summed E-state index contributed by atoms with van der Waals surface area (Å²) < 4.78 is 5.13. The van der Waals surface area contributed by atoms with Gasteiger partial charge in [-0.15, -0.1) is 0 Å². The molecule has 9 heteroatoms. The fourth-order valence-corrected chi connectivity index (χ4v) is 2.57. The van der Waals surface area contributed by atoms with Crippen LogP contribution >= 0.6 is 11.8 Å². The molecule has 2 atom stereocenters. The van der Waals surface area contributed by atoms with Crippen molar-refractivity contribution in [1.29, 1.82) is 0 Å². The molecular formula is C17H23N3O5S. The van der Waals surface area contributed by atoms with Crippen LogP contribution in [0.5, 0.6) is 0 Å². The van der Waals surface area contributed by atoms with Gasteiger partial charge in [-0.3, -0.25) is 9.59 Å². The number of urea groups is 1. The lowest BCUT2D eigenvalue weighted by molar-refractivity contribution is -0.155. The third kappa shape index (κ3) is 6.75. The molecule has 0 aliphatic carbocycles. The number of rotatable bonds is 9. The van der Waals surface area contributed by atoms with Gasteiger partial charge in [-0.2, -0.15) is 11.8 Å². The summed E-state index contributed by atoms with van der Waals surface area (Å²) in [5.74, 6) is -0.935. The number of thioether (sulfide) groups is 1. The Labute approximate surface area is 156 Å². The van der Waals surface area contributed by atoms with Crippen molar-refractivity contribution in [2.75, 3.05) is 17.3 Å². The zero-order valence-electron chi connectivity index (χ0n) is 14.9. The fourth-order valence-electron chi connectivity index (χ4n) is 2.10. The largest absolute Gasteiger partial charge is 0.451 e. The Morgan fingerprint density at radius 2 is 1.88 bits per heavy atom. The first-order chi connectivity index (χ1) is 12.3. The van der Waals surface area contributed by atoms with Crippen LogP contribution in [0, 0.1) is 0 Å². The molecule has 8 nitrogen and oxygen atoms in total. The summed E-state index contributed by atoms with van der Waals surface area (Å²) in [4.78, 5) is 47.1. The summed E-state index contributed by atoms with van der Waals surface area (Å²) in [7, 11) is 0. The average molecular weight is 381 g/mol. The van der Waals surface area contributed by atoms with Crippen molar-refractivity contribution >= 4 is 41.1 Å². The van der Waals surface area contributed by atoms with Crippen molar-refractivity contribution in [3.8, 4) is 0 Å². The maximum atomic E-state index is 12.3. The number of para-hydroxylation sites is 1. The number of nitrogens with two attached hydrogens (primary N) is 1. The summed E-state index contributed by atoms with van der Waals surface area (Å²) in [6.07, 6.45) is 1.06.